The number of aromatic nitrogens is 2. The van der Waals surface area contributed by atoms with Gasteiger partial charge in [-0.1, -0.05) is 18.2 Å². The number of carbonyl (C=O) groups excluding carboxylic acids is 1. The van der Waals surface area contributed by atoms with Crippen LogP contribution in [-0.2, 0) is 7.05 Å². The molecule has 2 aromatic carbocycles. The number of halogens is 2. The van der Waals surface area contributed by atoms with Gasteiger partial charge in [0.05, 0.1) is 0 Å². The standard InChI is InChI=1S/C19H17F2N3O/c1-12(25)13-9-14(20)11-15(10-13)23-18(19-22-7-8-24(19)2)16-5-3-4-6-17(16)21/h3-11,18,23H,1-2H3. The second-order valence-corrected chi connectivity index (χ2v) is 5.78. The maximum atomic E-state index is 14.3. The third-order valence-corrected chi connectivity index (χ3v) is 3.95. The molecule has 3 aromatic rings. The lowest BCUT2D eigenvalue weighted by Gasteiger charge is -2.21. The SMILES string of the molecule is CC(=O)c1cc(F)cc(NC(c2ccccc2F)c2nccn2C)c1. The minimum Gasteiger partial charge on any atom is -0.371 e. The Morgan fingerprint density at radius 1 is 1.20 bits per heavy atom. The van der Waals surface area contributed by atoms with Crippen LogP contribution in [-0.4, -0.2) is 15.3 Å². The van der Waals surface area contributed by atoms with Gasteiger partial charge < -0.3 is 9.88 Å². The summed E-state index contributed by atoms with van der Waals surface area (Å²) in [5.41, 5.74) is 1.00. The molecule has 0 aliphatic rings. The van der Waals surface area contributed by atoms with Gasteiger partial charge in [-0.15, -0.1) is 0 Å². The number of nitrogens with zero attached hydrogens (tertiary/aromatic N) is 2. The van der Waals surface area contributed by atoms with E-state index < -0.39 is 17.7 Å². The van der Waals surface area contributed by atoms with Crippen molar-refractivity contribution in [3.8, 4) is 0 Å². The summed E-state index contributed by atoms with van der Waals surface area (Å²) in [6, 6.07) is 9.68. The van der Waals surface area contributed by atoms with E-state index in [0.717, 1.165) is 0 Å². The van der Waals surface area contributed by atoms with Gasteiger partial charge in [-0.05, 0) is 31.2 Å². The number of nitrogens with one attached hydrogen (secondary N) is 1. The topological polar surface area (TPSA) is 46.9 Å². The highest BCUT2D eigenvalue weighted by Gasteiger charge is 2.22. The third kappa shape index (κ3) is 3.57. The zero-order valence-corrected chi connectivity index (χ0v) is 13.8. The average Bonchev–Trinajstić information content (AvgIpc) is 2.99. The van der Waals surface area contributed by atoms with Crippen molar-refractivity contribution in [3.05, 3.63) is 83.4 Å². The van der Waals surface area contributed by atoms with Crippen molar-refractivity contribution in [1.29, 1.82) is 0 Å². The molecule has 128 valence electrons. The smallest absolute Gasteiger partial charge is 0.159 e. The molecule has 0 radical (unpaired) electrons. The fraction of sp³-hybridized carbons (Fsp3) is 0.158. The Morgan fingerprint density at radius 2 is 1.96 bits per heavy atom. The molecule has 0 spiro atoms. The minimum absolute atomic E-state index is 0.245. The lowest BCUT2D eigenvalue weighted by atomic mass is 10.0. The lowest BCUT2D eigenvalue weighted by molar-refractivity contribution is 0.101. The van der Waals surface area contributed by atoms with Crippen LogP contribution in [0.1, 0.15) is 34.7 Å². The Morgan fingerprint density at radius 3 is 2.60 bits per heavy atom. The highest BCUT2D eigenvalue weighted by Crippen LogP contribution is 2.28. The van der Waals surface area contributed by atoms with Gasteiger partial charge in [-0.25, -0.2) is 13.8 Å². The first-order valence-corrected chi connectivity index (χ1v) is 7.75. The summed E-state index contributed by atoms with van der Waals surface area (Å²) < 4.78 is 30.0. The highest BCUT2D eigenvalue weighted by atomic mass is 19.1. The summed E-state index contributed by atoms with van der Waals surface area (Å²) in [5.74, 6) is -0.616. The van der Waals surface area contributed by atoms with Gasteiger partial charge in [0.1, 0.15) is 23.5 Å². The Bertz CT molecular complexity index is 921. The van der Waals surface area contributed by atoms with E-state index in [0.29, 0.717) is 17.1 Å². The largest absolute Gasteiger partial charge is 0.371 e. The van der Waals surface area contributed by atoms with Crippen LogP contribution in [0.15, 0.2) is 54.9 Å². The molecule has 0 aliphatic heterocycles. The van der Waals surface area contributed by atoms with E-state index in [-0.39, 0.29) is 11.3 Å². The predicted octanol–water partition coefficient (Wildman–Crippen LogP) is 4.10. The molecule has 0 fully saturated rings. The summed E-state index contributed by atoms with van der Waals surface area (Å²) in [6.45, 7) is 1.37. The number of carbonyl (C=O) groups is 1. The van der Waals surface area contributed by atoms with E-state index in [1.807, 2.05) is 0 Å². The monoisotopic (exact) mass is 341 g/mol. The normalized spacial score (nSPS) is 12.0. The number of aryl methyl sites for hydroxylation is 1. The van der Waals surface area contributed by atoms with E-state index in [1.165, 1.54) is 25.1 Å². The second-order valence-electron chi connectivity index (χ2n) is 5.78. The van der Waals surface area contributed by atoms with Gasteiger partial charge in [-0.2, -0.15) is 0 Å². The van der Waals surface area contributed by atoms with Crippen molar-refractivity contribution in [3.63, 3.8) is 0 Å². The van der Waals surface area contributed by atoms with Crippen molar-refractivity contribution in [2.24, 2.45) is 7.05 Å². The van der Waals surface area contributed by atoms with Gasteiger partial charge in [-0.3, -0.25) is 4.79 Å². The first-order chi connectivity index (χ1) is 12.0. The number of imidazole rings is 1. The third-order valence-electron chi connectivity index (χ3n) is 3.95. The molecule has 1 atom stereocenters. The van der Waals surface area contributed by atoms with Crippen LogP contribution in [0.2, 0.25) is 0 Å². The summed E-state index contributed by atoms with van der Waals surface area (Å²) in [6.07, 6.45) is 3.36. The zero-order valence-electron chi connectivity index (χ0n) is 13.8. The first kappa shape index (κ1) is 16.8. The van der Waals surface area contributed by atoms with E-state index in [9.17, 15) is 13.6 Å². The van der Waals surface area contributed by atoms with Gasteiger partial charge in [0.25, 0.3) is 0 Å². The summed E-state index contributed by atoms with van der Waals surface area (Å²) in [5, 5.41) is 3.10. The summed E-state index contributed by atoms with van der Waals surface area (Å²) in [4.78, 5) is 15.9. The number of hydrogen-bond donors (Lipinski definition) is 1. The molecule has 0 saturated heterocycles. The summed E-state index contributed by atoms with van der Waals surface area (Å²) >= 11 is 0. The maximum absolute atomic E-state index is 14.3. The first-order valence-electron chi connectivity index (χ1n) is 7.75. The van der Waals surface area contributed by atoms with Crippen LogP contribution in [0.5, 0.6) is 0 Å². The molecular formula is C19H17F2N3O. The average molecular weight is 341 g/mol. The van der Waals surface area contributed by atoms with Crippen LogP contribution in [0, 0.1) is 11.6 Å². The Kier molecular flexibility index (Phi) is 4.61. The number of rotatable bonds is 5. The summed E-state index contributed by atoms with van der Waals surface area (Å²) in [7, 11) is 1.80. The van der Waals surface area contributed by atoms with Gasteiger partial charge in [0.15, 0.2) is 5.78 Å². The van der Waals surface area contributed by atoms with Crippen molar-refractivity contribution < 1.29 is 13.6 Å². The number of Topliss-reactive ketones (excluding diaryl/α,β-unsaturated/α-hetero) is 1. The predicted molar refractivity (Wildman–Crippen MR) is 91.5 cm³/mol. The Hall–Kier alpha value is -3.02. The van der Waals surface area contributed by atoms with Crippen molar-refractivity contribution >= 4 is 11.5 Å². The van der Waals surface area contributed by atoms with E-state index in [2.05, 4.69) is 10.3 Å². The molecule has 0 aliphatic carbocycles. The molecular weight excluding hydrogens is 324 g/mol. The van der Waals surface area contributed by atoms with Crippen LogP contribution in [0.3, 0.4) is 0 Å². The van der Waals surface area contributed by atoms with E-state index in [4.69, 9.17) is 0 Å². The molecule has 1 N–H and O–H groups in total. The Labute approximate surface area is 144 Å². The number of benzene rings is 2. The molecule has 1 unspecified atom stereocenters. The van der Waals surface area contributed by atoms with Crippen molar-refractivity contribution in [1.82, 2.24) is 9.55 Å². The van der Waals surface area contributed by atoms with E-state index in [1.54, 1.807) is 48.3 Å². The molecule has 25 heavy (non-hydrogen) atoms. The minimum atomic E-state index is -0.636. The quantitative estimate of drug-likeness (QED) is 0.711. The number of hydrogen-bond acceptors (Lipinski definition) is 3. The van der Waals surface area contributed by atoms with Crippen LogP contribution in [0.4, 0.5) is 14.5 Å². The van der Waals surface area contributed by atoms with Gasteiger partial charge in [0, 0.05) is 36.3 Å². The van der Waals surface area contributed by atoms with Crippen LogP contribution in [0.25, 0.3) is 0 Å². The molecule has 0 amide bonds. The molecule has 0 saturated carbocycles. The molecule has 6 heteroatoms. The fourth-order valence-corrected chi connectivity index (χ4v) is 2.69. The van der Waals surface area contributed by atoms with E-state index >= 15 is 0 Å². The van der Waals surface area contributed by atoms with Crippen molar-refractivity contribution in [2.75, 3.05) is 5.32 Å². The molecule has 0 bridgehead atoms. The van der Waals surface area contributed by atoms with Crippen molar-refractivity contribution in [2.45, 2.75) is 13.0 Å². The van der Waals surface area contributed by atoms with Gasteiger partial charge >= 0.3 is 0 Å². The van der Waals surface area contributed by atoms with Crippen LogP contribution < -0.4 is 5.32 Å². The number of ketones is 1. The maximum Gasteiger partial charge on any atom is 0.159 e. The Balaban J connectivity index is 2.07. The molecule has 1 aromatic heterocycles. The lowest BCUT2D eigenvalue weighted by Crippen LogP contribution is -2.18. The molecule has 1 heterocycles. The highest BCUT2D eigenvalue weighted by molar-refractivity contribution is 5.95. The molecule has 4 nitrogen and oxygen atoms in total. The van der Waals surface area contributed by atoms with Gasteiger partial charge in [0.2, 0.25) is 0 Å². The fourth-order valence-electron chi connectivity index (χ4n) is 2.69. The molecule has 3 rings (SSSR count). The second kappa shape index (κ2) is 6.84. The number of anilines is 1. The zero-order chi connectivity index (χ0) is 18.0. The van der Waals surface area contributed by atoms with Crippen LogP contribution >= 0.6 is 0 Å².